The van der Waals surface area contributed by atoms with E-state index in [9.17, 15) is 0 Å². The molecular formula is C46H36N4. The predicted molar refractivity (Wildman–Crippen MR) is 211 cm³/mol. The van der Waals surface area contributed by atoms with E-state index in [2.05, 4.69) is 127 Å². The number of amidine groups is 2. The molecule has 1 aliphatic rings. The summed E-state index contributed by atoms with van der Waals surface area (Å²) in [6.45, 7) is 2.02. The molecule has 0 saturated carbocycles. The smallest absolute Gasteiger partial charge is 0.159 e. The van der Waals surface area contributed by atoms with Crippen LogP contribution in [0.25, 0.3) is 50.2 Å². The van der Waals surface area contributed by atoms with Crippen LogP contribution in [0.15, 0.2) is 180 Å². The molecule has 0 aliphatic carbocycles. The monoisotopic (exact) mass is 644 g/mol. The first-order chi connectivity index (χ1) is 24.7. The van der Waals surface area contributed by atoms with Crippen molar-refractivity contribution in [2.45, 2.75) is 13.1 Å². The lowest BCUT2D eigenvalue weighted by molar-refractivity contribution is 0.674. The van der Waals surface area contributed by atoms with E-state index in [-0.39, 0.29) is 6.17 Å². The van der Waals surface area contributed by atoms with Crippen molar-refractivity contribution in [2.24, 2.45) is 9.98 Å². The van der Waals surface area contributed by atoms with Gasteiger partial charge in [-0.1, -0.05) is 170 Å². The van der Waals surface area contributed by atoms with Crippen molar-refractivity contribution in [1.82, 2.24) is 5.32 Å². The Balaban J connectivity index is 1.18. The van der Waals surface area contributed by atoms with Crippen molar-refractivity contribution in [3.05, 3.63) is 192 Å². The summed E-state index contributed by atoms with van der Waals surface area (Å²) in [5.41, 5.74) is 18.2. The Hall–Kier alpha value is -6.52. The number of nitrogens with zero attached hydrogens (tertiary/aromatic N) is 2. The topological polar surface area (TPSA) is 62.8 Å². The standard InChI is InChI=1S/C46H36N4/c1-2-12-41-38(19-11-20-42(41)47)32-21-23-33(24-22-32)40-30-29-31-13-9-10-18-39(31)43(40)34-25-27-37(28-26-34)46-49-44(35-14-5-3-6-15-35)48-45(50-46)36-16-7-4-8-17-36/h2-30,46H,47H2,1H3,(H,48,49,50)/b12-2-. The van der Waals surface area contributed by atoms with E-state index in [0.717, 1.165) is 56.0 Å². The van der Waals surface area contributed by atoms with E-state index in [1.807, 2.05) is 61.5 Å². The lowest BCUT2D eigenvalue weighted by Crippen LogP contribution is -2.33. The number of allylic oxidation sites excluding steroid dienone is 1. The molecule has 0 fully saturated rings. The molecule has 1 heterocycles. The largest absolute Gasteiger partial charge is 0.398 e. The van der Waals surface area contributed by atoms with Crippen molar-refractivity contribution in [3.8, 4) is 33.4 Å². The van der Waals surface area contributed by atoms with Gasteiger partial charge in [0, 0.05) is 22.4 Å². The van der Waals surface area contributed by atoms with Gasteiger partial charge in [0.25, 0.3) is 0 Å². The van der Waals surface area contributed by atoms with E-state index in [1.54, 1.807) is 0 Å². The highest BCUT2D eigenvalue weighted by Gasteiger charge is 2.21. The predicted octanol–water partition coefficient (Wildman–Crippen LogP) is 11.0. The molecule has 0 amide bonds. The SMILES string of the molecule is C/C=C\c1c(N)cccc1-c1ccc(-c2ccc3ccccc3c2-c2ccc(C3N=C(c4ccccc4)N=C(c4ccccc4)N3)cc2)cc1. The van der Waals surface area contributed by atoms with Gasteiger partial charge < -0.3 is 11.1 Å². The number of anilines is 1. The third-order valence-corrected chi connectivity index (χ3v) is 9.25. The van der Waals surface area contributed by atoms with Gasteiger partial charge in [0.15, 0.2) is 5.84 Å². The molecule has 7 aromatic carbocycles. The third kappa shape index (κ3) is 5.99. The zero-order valence-corrected chi connectivity index (χ0v) is 27.8. The molecule has 1 atom stereocenters. The minimum atomic E-state index is -0.286. The van der Waals surface area contributed by atoms with Gasteiger partial charge in [-0.05, 0) is 62.7 Å². The maximum atomic E-state index is 6.36. The van der Waals surface area contributed by atoms with Crippen LogP contribution < -0.4 is 11.1 Å². The van der Waals surface area contributed by atoms with E-state index in [1.165, 1.54) is 21.9 Å². The summed E-state index contributed by atoms with van der Waals surface area (Å²) < 4.78 is 0. The summed E-state index contributed by atoms with van der Waals surface area (Å²) in [4.78, 5) is 10.0. The van der Waals surface area contributed by atoms with Crippen LogP contribution >= 0.6 is 0 Å². The van der Waals surface area contributed by atoms with Crippen molar-refractivity contribution in [1.29, 1.82) is 0 Å². The zero-order chi connectivity index (χ0) is 33.9. The van der Waals surface area contributed by atoms with Crippen LogP contribution in [-0.4, -0.2) is 11.7 Å². The number of hydrogen-bond donors (Lipinski definition) is 2. The Bertz CT molecular complexity index is 2390. The van der Waals surface area contributed by atoms with Crippen LogP contribution in [0.2, 0.25) is 0 Å². The number of hydrogen-bond acceptors (Lipinski definition) is 4. The van der Waals surface area contributed by atoms with Crippen LogP contribution in [-0.2, 0) is 0 Å². The molecule has 0 bridgehead atoms. The number of nitrogens with one attached hydrogen (secondary N) is 1. The van der Waals surface area contributed by atoms with Crippen LogP contribution in [0, 0.1) is 0 Å². The number of rotatable bonds is 7. The lowest BCUT2D eigenvalue weighted by atomic mass is 9.88. The summed E-state index contributed by atoms with van der Waals surface area (Å²) in [6.07, 6.45) is 3.83. The number of aliphatic imine (C=N–C) groups is 2. The number of benzene rings is 7. The third-order valence-electron chi connectivity index (χ3n) is 9.25. The average molecular weight is 645 g/mol. The molecule has 7 aromatic rings. The maximum absolute atomic E-state index is 6.36. The first kappa shape index (κ1) is 30.8. The molecule has 3 N–H and O–H groups in total. The number of nitrogens with two attached hydrogens (primary N) is 1. The van der Waals surface area contributed by atoms with Crippen molar-refractivity contribution in [3.63, 3.8) is 0 Å². The summed E-state index contributed by atoms with van der Waals surface area (Å²) in [7, 11) is 0. The minimum Gasteiger partial charge on any atom is -0.398 e. The van der Waals surface area contributed by atoms with Crippen molar-refractivity contribution >= 4 is 34.2 Å². The molecular weight excluding hydrogens is 609 g/mol. The summed E-state index contributed by atoms with van der Waals surface area (Å²) in [5, 5.41) is 6.02. The highest BCUT2D eigenvalue weighted by molar-refractivity contribution is 6.13. The molecule has 0 radical (unpaired) electrons. The fraction of sp³-hybridized carbons (Fsp3) is 0.0435. The first-order valence-corrected chi connectivity index (χ1v) is 16.9. The quantitative estimate of drug-likeness (QED) is 0.170. The lowest BCUT2D eigenvalue weighted by Gasteiger charge is -2.24. The number of nitrogen functional groups attached to an aromatic ring is 1. The maximum Gasteiger partial charge on any atom is 0.159 e. The second-order valence-corrected chi connectivity index (χ2v) is 12.4. The molecule has 1 aliphatic heterocycles. The Kier molecular flexibility index (Phi) is 8.34. The second-order valence-electron chi connectivity index (χ2n) is 12.4. The molecule has 8 rings (SSSR count). The Morgan fingerprint density at radius 3 is 1.92 bits per heavy atom. The molecule has 1 unspecified atom stereocenters. The second kappa shape index (κ2) is 13.5. The average Bonchev–Trinajstić information content (AvgIpc) is 3.19. The Morgan fingerprint density at radius 2 is 1.20 bits per heavy atom. The summed E-state index contributed by atoms with van der Waals surface area (Å²) >= 11 is 0. The molecule has 0 aromatic heterocycles. The Labute approximate surface area is 293 Å². The van der Waals surface area contributed by atoms with Crippen LogP contribution in [0.3, 0.4) is 0 Å². The summed E-state index contributed by atoms with van der Waals surface area (Å²) in [6, 6.07) is 57.2. The molecule has 4 nitrogen and oxygen atoms in total. The minimum absolute atomic E-state index is 0.286. The first-order valence-electron chi connectivity index (χ1n) is 16.9. The zero-order valence-electron chi connectivity index (χ0n) is 27.8. The molecule has 50 heavy (non-hydrogen) atoms. The molecule has 240 valence electrons. The van der Waals surface area contributed by atoms with Gasteiger partial charge in [-0.3, -0.25) is 0 Å². The van der Waals surface area contributed by atoms with Crippen LogP contribution in [0.1, 0.15) is 35.3 Å². The molecule has 0 saturated heterocycles. The van der Waals surface area contributed by atoms with Crippen molar-refractivity contribution < 1.29 is 0 Å². The van der Waals surface area contributed by atoms with Crippen LogP contribution in [0.4, 0.5) is 5.69 Å². The highest BCUT2D eigenvalue weighted by atomic mass is 15.2. The fourth-order valence-electron chi connectivity index (χ4n) is 6.75. The van der Waals surface area contributed by atoms with E-state index in [0.29, 0.717) is 5.84 Å². The molecule has 0 spiro atoms. The van der Waals surface area contributed by atoms with Gasteiger partial charge in [0.1, 0.15) is 12.0 Å². The molecule has 4 heteroatoms. The van der Waals surface area contributed by atoms with E-state index < -0.39 is 0 Å². The van der Waals surface area contributed by atoms with Gasteiger partial charge in [0.2, 0.25) is 0 Å². The van der Waals surface area contributed by atoms with Gasteiger partial charge in [-0.2, -0.15) is 0 Å². The van der Waals surface area contributed by atoms with Crippen LogP contribution in [0.5, 0.6) is 0 Å². The van der Waals surface area contributed by atoms with E-state index in [4.69, 9.17) is 15.7 Å². The van der Waals surface area contributed by atoms with Gasteiger partial charge in [-0.15, -0.1) is 0 Å². The van der Waals surface area contributed by atoms with E-state index >= 15 is 0 Å². The van der Waals surface area contributed by atoms with Crippen molar-refractivity contribution in [2.75, 3.05) is 5.73 Å². The summed E-state index contributed by atoms with van der Waals surface area (Å²) in [5.74, 6) is 1.53. The van der Waals surface area contributed by atoms with Gasteiger partial charge >= 0.3 is 0 Å². The van der Waals surface area contributed by atoms with Gasteiger partial charge in [-0.25, -0.2) is 9.98 Å². The highest BCUT2D eigenvalue weighted by Crippen LogP contribution is 2.40. The number of fused-ring (bicyclic) bond motifs is 1. The fourth-order valence-corrected chi connectivity index (χ4v) is 6.75. The Morgan fingerprint density at radius 1 is 0.560 bits per heavy atom. The van der Waals surface area contributed by atoms with Gasteiger partial charge in [0.05, 0.1) is 0 Å². The normalized spacial score (nSPS) is 14.3.